The van der Waals surface area contributed by atoms with Gasteiger partial charge in [0.05, 0.1) is 37.1 Å². The fraction of sp³-hybridized carbons (Fsp3) is 0.714. The number of ketones is 1. The number of hydrogen-bond acceptors (Lipinski definition) is 11. The SMILES string of the molecule is C=C1CO[C@@H]2[C@@H](C)CN(C/C=C/c3ccccc3)[C@H](C)C[C@@](C)(OC1)[C@H](O[C@@H]1O[C@H](C)C[C@H](N(C)C)[C@H]1O)[C@@H](C)C(=O)[C@@H](C)C(=O)O[C@H](CC)[C@@]2(C)O. The zero-order valence-corrected chi connectivity index (χ0v) is 33.7. The number of carbonyl (C=O) groups is 2. The molecule has 0 aromatic heterocycles. The largest absolute Gasteiger partial charge is 0.459 e. The maximum Gasteiger partial charge on any atom is 0.316 e. The van der Waals surface area contributed by atoms with E-state index in [9.17, 15) is 19.8 Å². The monoisotopic (exact) mass is 742 g/mol. The molecule has 4 aliphatic rings. The number of benzene rings is 1. The molecule has 13 atom stereocenters. The average molecular weight is 743 g/mol. The van der Waals surface area contributed by atoms with Crippen molar-refractivity contribution >= 4 is 17.8 Å². The fourth-order valence-corrected chi connectivity index (χ4v) is 8.48. The van der Waals surface area contributed by atoms with Gasteiger partial charge in [-0.05, 0) is 85.0 Å². The average Bonchev–Trinajstić information content (AvgIpc) is 3.11. The Morgan fingerprint density at radius 3 is 2.40 bits per heavy atom. The summed E-state index contributed by atoms with van der Waals surface area (Å²) in [6, 6.07) is 9.72. The number of aliphatic hydroxyl groups is 2. The molecule has 0 amide bonds. The Hall–Kier alpha value is -2.48. The van der Waals surface area contributed by atoms with E-state index in [1.165, 1.54) is 6.92 Å². The van der Waals surface area contributed by atoms with Gasteiger partial charge in [-0.1, -0.05) is 69.8 Å². The molecule has 298 valence electrons. The second kappa shape index (κ2) is 18.4. The summed E-state index contributed by atoms with van der Waals surface area (Å²) >= 11 is 0. The molecule has 2 N–H and O–H groups in total. The van der Waals surface area contributed by atoms with Crippen molar-refractivity contribution in [2.24, 2.45) is 17.8 Å². The fourth-order valence-electron chi connectivity index (χ4n) is 8.48. The summed E-state index contributed by atoms with van der Waals surface area (Å²) in [5.74, 6) is -3.41. The third-order valence-electron chi connectivity index (χ3n) is 11.6. The third kappa shape index (κ3) is 10.4. The highest BCUT2D eigenvalue weighted by Gasteiger charge is 2.51. The van der Waals surface area contributed by atoms with Gasteiger partial charge in [0.2, 0.25) is 0 Å². The lowest BCUT2D eigenvalue weighted by molar-refractivity contribution is -0.297. The van der Waals surface area contributed by atoms with Crippen molar-refractivity contribution in [2.45, 2.75) is 135 Å². The molecular weight excluding hydrogens is 676 g/mol. The Bertz CT molecular complexity index is 1400. The number of ether oxygens (including phenoxy) is 5. The zero-order valence-electron chi connectivity index (χ0n) is 33.7. The minimum absolute atomic E-state index is 0.0914. The highest BCUT2D eigenvalue weighted by atomic mass is 16.7. The normalized spacial score (nSPS) is 40.3. The van der Waals surface area contributed by atoms with Crippen LogP contribution in [-0.2, 0) is 33.3 Å². The van der Waals surface area contributed by atoms with Gasteiger partial charge >= 0.3 is 5.97 Å². The minimum atomic E-state index is -1.60. The van der Waals surface area contributed by atoms with Crippen LogP contribution in [0.3, 0.4) is 0 Å². The number of rotatable bonds is 7. The molecule has 5 rings (SSSR count). The molecule has 4 saturated heterocycles. The second-order valence-electron chi connectivity index (χ2n) is 16.5. The first-order chi connectivity index (χ1) is 24.9. The first-order valence-electron chi connectivity index (χ1n) is 19.4. The number of fused-ring (bicyclic) bond motifs is 15. The van der Waals surface area contributed by atoms with Gasteiger partial charge in [0.15, 0.2) is 12.1 Å². The van der Waals surface area contributed by atoms with Crippen LogP contribution in [0.5, 0.6) is 0 Å². The molecule has 1 aromatic rings. The van der Waals surface area contributed by atoms with Crippen molar-refractivity contribution < 1.29 is 43.5 Å². The van der Waals surface area contributed by atoms with Crippen LogP contribution < -0.4 is 0 Å². The molecular formula is C42H66N2O9. The van der Waals surface area contributed by atoms with Crippen LogP contribution in [0.2, 0.25) is 0 Å². The lowest BCUT2D eigenvalue weighted by atomic mass is 9.79. The summed E-state index contributed by atoms with van der Waals surface area (Å²) < 4.78 is 32.5. The van der Waals surface area contributed by atoms with E-state index in [1.54, 1.807) is 13.8 Å². The molecule has 4 heterocycles. The van der Waals surface area contributed by atoms with Crippen LogP contribution in [0, 0.1) is 17.8 Å². The lowest BCUT2D eigenvalue weighted by Crippen LogP contribution is -2.60. The van der Waals surface area contributed by atoms with E-state index in [4.69, 9.17) is 23.7 Å². The Morgan fingerprint density at radius 2 is 1.75 bits per heavy atom. The van der Waals surface area contributed by atoms with E-state index in [0.717, 1.165) is 5.56 Å². The van der Waals surface area contributed by atoms with Crippen molar-refractivity contribution in [1.29, 1.82) is 0 Å². The minimum Gasteiger partial charge on any atom is -0.459 e. The van der Waals surface area contributed by atoms with Crippen LogP contribution in [0.1, 0.15) is 80.2 Å². The molecule has 0 aliphatic carbocycles. The Kier molecular flexibility index (Phi) is 15.0. The number of carbonyl (C=O) groups excluding carboxylic acids is 2. The Morgan fingerprint density at radius 1 is 1.08 bits per heavy atom. The first kappa shape index (κ1) is 43.3. The maximum atomic E-state index is 14.4. The summed E-state index contributed by atoms with van der Waals surface area (Å²) in [5.41, 5.74) is -1.02. The predicted molar refractivity (Wildman–Crippen MR) is 205 cm³/mol. The lowest BCUT2D eigenvalue weighted by Gasteiger charge is -2.48. The first-order valence-corrected chi connectivity index (χ1v) is 19.4. The molecule has 11 heteroatoms. The van der Waals surface area contributed by atoms with Crippen molar-refractivity contribution in [2.75, 3.05) is 40.4 Å². The van der Waals surface area contributed by atoms with Gasteiger partial charge in [0.25, 0.3) is 0 Å². The van der Waals surface area contributed by atoms with E-state index in [1.807, 2.05) is 64.9 Å². The summed E-state index contributed by atoms with van der Waals surface area (Å²) in [5, 5.41) is 23.8. The molecule has 11 nitrogen and oxygen atoms in total. The van der Waals surface area contributed by atoms with Crippen LogP contribution in [0.15, 0.2) is 48.6 Å². The molecule has 4 fully saturated rings. The van der Waals surface area contributed by atoms with Gasteiger partial charge in [0.1, 0.15) is 23.7 Å². The number of Topliss-reactive ketones (excluding diaryl/α,β-unsaturated/α-hetero) is 1. The van der Waals surface area contributed by atoms with Crippen molar-refractivity contribution in [1.82, 2.24) is 9.80 Å². The predicted octanol–water partition coefficient (Wildman–Crippen LogP) is 4.89. The maximum absolute atomic E-state index is 14.4. The zero-order chi connectivity index (χ0) is 39.2. The van der Waals surface area contributed by atoms with Crippen LogP contribution in [0.25, 0.3) is 6.08 Å². The number of likely N-dealkylation sites (N-methyl/N-ethyl adjacent to an activating group) is 1. The quantitative estimate of drug-likeness (QED) is 0.226. The Balaban J connectivity index is 1.87. The molecule has 1 aromatic carbocycles. The van der Waals surface area contributed by atoms with Gasteiger partial charge < -0.3 is 38.8 Å². The summed E-state index contributed by atoms with van der Waals surface area (Å²) in [6.07, 6.45) is 0.576. The van der Waals surface area contributed by atoms with Crippen molar-refractivity contribution in [3.05, 3.63) is 54.1 Å². The molecule has 0 saturated carbocycles. The summed E-state index contributed by atoms with van der Waals surface area (Å²) in [6.45, 7) is 20.4. The van der Waals surface area contributed by atoms with Gasteiger partial charge in [-0.25, -0.2) is 0 Å². The Labute approximate surface area is 317 Å². The van der Waals surface area contributed by atoms with Crippen LogP contribution >= 0.6 is 0 Å². The topological polar surface area (TPSA) is 127 Å². The number of aliphatic hydroxyl groups excluding tert-OH is 1. The number of hydrogen-bond donors (Lipinski definition) is 2. The number of esters is 1. The van der Waals surface area contributed by atoms with E-state index >= 15 is 0 Å². The van der Waals surface area contributed by atoms with E-state index in [-0.39, 0.29) is 37.3 Å². The van der Waals surface area contributed by atoms with E-state index in [0.29, 0.717) is 37.9 Å². The van der Waals surface area contributed by atoms with Gasteiger partial charge in [-0.15, -0.1) is 0 Å². The van der Waals surface area contributed by atoms with Gasteiger partial charge in [0, 0.05) is 31.1 Å². The highest BCUT2D eigenvalue weighted by Crippen LogP contribution is 2.38. The summed E-state index contributed by atoms with van der Waals surface area (Å²) in [4.78, 5) is 32.5. The van der Waals surface area contributed by atoms with Crippen LogP contribution in [-0.4, -0.2) is 132 Å². The van der Waals surface area contributed by atoms with Crippen molar-refractivity contribution in [3.8, 4) is 0 Å². The molecule has 0 unspecified atom stereocenters. The molecule has 0 spiro atoms. The van der Waals surface area contributed by atoms with Crippen LogP contribution in [0.4, 0.5) is 0 Å². The number of nitrogens with zero attached hydrogens (tertiary/aromatic N) is 2. The van der Waals surface area contributed by atoms with Gasteiger partial charge in [-0.2, -0.15) is 0 Å². The summed E-state index contributed by atoms with van der Waals surface area (Å²) in [7, 11) is 3.82. The van der Waals surface area contributed by atoms with E-state index < -0.39 is 65.5 Å². The molecule has 2 bridgehead atoms. The van der Waals surface area contributed by atoms with E-state index in [2.05, 4.69) is 42.7 Å². The molecule has 0 radical (unpaired) electrons. The molecule has 4 aliphatic heterocycles. The smallest absolute Gasteiger partial charge is 0.316 e. The standard InChI is InChI=1S/C42H66N2O9/c1-12-34-42(9,48)37-27(3)23-44(20-16-19-32-17-14-13-15-18-32)28(4)22-41(8,50-25-26(2)24-49-37)38(30(6)35(45)31(7)39(47)52-34)53-40-36(46)33(43(10)11)21-29(5)51-40/h13-19,27-31,33-34,36-38,40,46,48H,2,12,20-25H2,1,3-11H3/b19-16+/t27-,28+,29+,30-,31+,33-,34+,36+,37+,38+,40-,41+,42+/m0/s1. The second-order valence-corrected chi connectivity index (χ2v) is 16.5. The highest BCUT2D eigenvalue weighted by molar-refractivity contribution is 6.00. The van der Waals surface area contributed by atoms with Crippen molar-refractivity contribution in [3.63, 3.8) is 0 Å². The van der Waals surface area contributed by atoms with Gasteiger partial charge in [-0.3, -0.25) is 14.5 Å². The molecule has 53 heavy (non-hydrogen) atoms. The third-order valence-corrected chi connectivity index (χ3v) is 11.6.